The Morgan fingerprint density at radius 3 is 2.50 bits per heavy atom. The smallest absolute Gasteiger partial charge is 0.317 e. The third kappa shape index (κ3) is 3.80. The van der Waals surface area contributed by atoms with Gasteiger partial charge >= 0.3 is 6.03 Å². The SMILES string of the molecule is Cc1cc(C)c(CNC(=O)N2CCC(N3CCCC3)CC2)c(=O)[nH]1. The highest BCUT2D eigenvalue weighted by molar-refractivity contribution is 5.74. The van der Waals surface area contributed by atoms with Gasteiger partial charge < -0.3 is 20.1 Å². The van der Waals surface area contributed by atoms with Gasteiger partial charge in [-0.3, -0.25) is 4.79 Å². The van der Waals surface area contributed by atoms with Crippen molar-refractivity contribution in [1.29, 1.82) is 0 Å². The van der Waals surface area contributed by atoms with Crippen molar-refractivity contribution in [2.45, 2.75) is 52.1 Å². The van der Waals surface area contributed by atoms with Crippen LogP contribution < -0.4 is 10.9 Å². The van der Waals surface area contributed by atoms with Crippen LogP contribution >= 0.6 is 0 Å². The number of aryl methyl sites for hydroxylation is 2. The second-order valence-electron chi connectivity index (χ2n) is 7.06. The topological polar surface area (TPSA) is 68.4 Å². The van der Waals surface area contributed by atoms with Crippen LogP contribution in [0.2, 0.25) is 0 Å². The molecule has 2 aliphatic rings. The fourth-order valence-corrected chi connectivity index (χ4v) is 3.92. The maximum atomic E-state index is 12.4. The van der Waals surface area contributed by atoms with Crippen molar-refractivity contribution in [1.82, 2.24) is 20.1 Å². The van der Waals surface area contributed by atoms with Gasteiger partial charge in [-0.25, -0.2) is 4.79 Å². The third-order valence-electron chi connectivity index (χ3n) is 5.32. The van der Waals surface area contributed by atoms with Gasteiger partial charge in [0.1, 0.15) is 0 Å². The minimum absolute atomic E-state index is 0.0609. The summed E-state index contributed by atoms with van der Waals surface area (Å²) in [4.78, 5) is 31.6. The fraction of sp³-hybridized carbons (Fsp3) is 0.667. The summed E-state index contributed by atoms with van der Waals surface area (Å²) in [5.41, 5.74) is 2.29. The summed E-state index contributed by atoms with van der Waals surface area (Å²) in [6, 6.07) is 2.51. The molecule has 24 heavy (non-hydrogen) atoms. The predicted molar refractivity (Wildman–Crippen MR) is 94.2 cm³/mol. The first kappa shape index (κ1) is 17.0. The number of piperidine rings is 1. The lowest BCUT2D eigenvalue weighted by molar-refractivity contribution is 0.134. The number of likely N-dealkylation sites (tertiary alicyclic amines) is 2. The molecule has 0 atom stereocenters. The Kier molecular flexibility index (Phi) is 5.23. The molecule has 0 unspecified atom stereocenters. The van der Waals surface area contributed by atoms with E-state index < -0.39 is 0 Å². The van der Waals surface area contributed by atoms with Crippen molar-refractivity contribution in [3.05, 3.63) is 33.2 Å². The number of hydrogen-bond donors (Lipinski definition) is 2. The van der Waals surface area contributed by atoms with E-state index in [9.17, 15) is 9.59 Å². The molecule has 2 N–H and O–H groups in total. The van der Waals surface area contributed by atoms with Crippen molar-refractivity contribution in [2.75, 3.05) is 26.2 Å². The van der Waals surface area contributed by atoms with Crippen LogP contribution in [0.15, 0.2) is 10.9 Å². The second-order valence-corrected chi connectivity index (χ2v) is 7.06. The van der Waals surface area contributed by atoms with Crippen molar-refractivity contribution >= 4 is 6.03 Å². The van der Waals surface area contributed by atoms with Gasteiger partial charge in [0.2, 0.25) is 0 Å². The minimum atomic E-state index is -0.111. The normalized spacial score (nSPS) is 19.7. The molecule has 0 aromatic carbocycles. The third-order valence-corrected chi connectivity index (χ3v) is 5.32. The van der Waals surface area contributed by atoms with Crippen molar-refractivity contribution < 1.29 is 4.79 Å². The molecule has 0 saturated carbocycles. The maximum Gasteiger partial charge on any atom is 0.317 e. The summed E-state index contributed by atoms with van der Waals surface area (Å²) in [6.45, 7) is 8.09. The summed E-state index contributed by atoms with van der Waals surface area (Å²) >= 11 is 0. The molecule has 2 amide bonds. The molecule has 0 radical (unpaired) electrons. The largest absolute Gasteiger partial charge is 0.334 e. The highest BCUT2D eigenvalue weighted by atomic mass is 16.2. The first-order valence-corrected chi connectivity index (χ1v) is 9.01. The Bertz CT molecular complexity index is 641. The van der Waals surface area contributed by atoms with Crippen LogP contribution in [0, 0.1) is 13.8 Å². The van der Waals surface area contributed by atoms with Gasteiger partial charge in [-0.15, -0.1) is 0 Å². The molecule has 3 heterocycles. The molecule has 6 nitrogen and oxygen atoms in total. The minimum Gasteiger partial charge on any atom is -0.334 e. The van der Waals surface area contributed by atoms with Crippen LogP contribution in [0.3, 0.4) is 0 Å². The van der Waals surface area contributed by atoms with E-state index in [-0.39, 0.29) is 18.1 Å². The van der Waals surface area contributed by atoms with Gasteiger partial charge in [-0.2, -0.15) is 0 Å². The molecule has 0 bridgehead atoms. The number of carbonyl (C=O) groups excluding carboxylic acids is 1. The summed E-state index contributed by atoms with van der Waals surface area (Å²) in [5, 5.41) is 2.91. The van der Waals surface area contributed by atoms with E-state index in [0.29, 0.717) is 11.6 Å². The quantitative estimate of drug-likeness (QED) is 0.886. The zero-order valence-electron chi connectivity index (χ0n) is 14.7. The average Bonchev–Trinajstić information content (AvgIpc) is 3.08. The summed E-state index contributed by atoms with van der Waals surface area (Å²) in [6.07, 6.45) is 4.73. The molecule has 6 heteroatoms. The van der Waals surface area contributed by atoms with Gasteiger partial charge in [0.05, 0.1) is 6.54 Å². The van der Waals surface area contributed by atoms with Gasteiger partial charge in [-0.05, 0) is 64.3 Å². The second kappa shape index (κ2) is 7.38. The molecule has 0 aliphatic carbocycles. The first-order valence-electron chi connectivity index (χ1n) is 9.01. The Labute approximate surface area is 143 Å². The van der Waals surface area contributed by atoms with Gasteiger partial charge in [0.25, 0.3) is 5.56 Å². The number of aromatic nitrogens is 1. The lowest BCUT2D eigenvalue weighted by Gasteiger charge is -2.36. The number of aromatic amines is 1. The first-order chi connectivity index (χ1) is 11.5. The monoisotopic (exact) mass is 332 g/mol. The number of hydrogen-bond acceptors (Lipinski definition) is 3. The zero-order chi connectivity index (χ0) is 17.1. The van der Waals surface area contributed by atoms with Crippen LogP contribution in [0.5, 0.6) is 0 Å². The van der Waals surface area contributed by atoms with Crippen molar-refractivity contribution in [3.8, 4) is 0 Å². The molecular formula is C18H28N4O2. The summed E-state index contributed by atoms with van der Waals surface area (Å²) < 4.78 is 0. The van der Waals surface area contributed by atoms with E-state index in [1.807, 2.05) is 24.8 Å². The Balaban J connectivity index is 1.50. The molecule has 3 rings (SSSR count). The van der Waals surface area contributed by atoms with E-state index in [1.54, 1.807) is 0 Å². The predicted octanol–water partition coefficient (Wildman–Crippen LogP) is 1.76. The van der Waals surface area contributed by atoms with Crippen molar-refractivity contribution in [3.63, 3.8) is 0 Å². The lowest BCUT2D eigenvalue weighted by Crippen LogP contribution is -2.49. The zero-order valence-corrected chi connectivity index (χ0v) is 14.7. The lowest BCUT2D eigenvalue weighted by atomic mass is 10.0. The highest BCUT2D eigenvalue weighted by Crippen LogP contribution is 2.21. The van der Waals surface area contributed by atoms with E-state index in [2.05, 4.69) is 15.2 Å². The van der Waals surface area contributed by atoms with Crippen LogP contribution in [-0.4, -0.2) is 53.0 Å². The van der Waals surface area contributed by atoms with Crippen LogP contribution in [0.4, 0.5) is 4.79 Å². The molecule has 0 spiro atoms. The number of H-pyrrole nitrogens is 1. The van der Waals surface area contributed by atoms with Crippen LogP contribution in [0.1, 0.15) is 42.5 Å². The fourth-order valence-electron chi connectivity index (χ4n) is 3.92. The van der Waals surface area contributed by atoms with Crippen molar-refractivity contribution in [2.24, 2.45) is 0 Å². The summed E-state index contributed by atoms with van der Waals surface area (Å²) in [5.74, 6) is 0. The molecular weight excluding hydrogens is 304 g/mol. The number of rotatable bonds is 3. The maximum absolute atomic E-state index is 12.4. The Hall–Kier alpha value is -1.82. The van der Waals surface area contributed by atoms with E-state index in [4.69, 9.17) is 0 Å². The number of amides is 2. The molecule has 2 fully saturated rings. The number of nitrogens with one attached hydrogen (secondary N) is 2. The van der Waals surface area contributed by atoms with E-state index in [0.717, 1.165) is 37.2 Å². The summed E-state index contributed by atoms with van der Waals surface area (Å²) in [7, 11) is 0. The molecule has 2 saturated heterocycles. The van der Waals surface area contributed by atoms with Crippen LogP contribution in [-0.2, 0) is 6.54 Å². The number of nitrogens with zero attached hydrogens (tertiary/aromatic N) is 2. The molecule has 132 valence electrons. The number of urea groups is 1. The molecule has 1 aromatic heterocycles. The highest BCUT2D eigenvalue weighted by Gasteiger charge is 2.28. The molecule has 1 aromatic rings. The van der Waals surface area contributed by atoms with E-state index >= 15 is 0 Å². The number of pyridine rings is 1. The average molecular weight is 332 g/mol. The Morgan fingerprint density at radius 1 is 1.21 bits per heavy atom. The van der Waals surface area contributed by atoms with Gasteiger partial charge in [0.15, 0.2) is 0 Å². The van der Waals surface area contributed by atoms with E-state index in [1.165, 1.54) is 25.9 Å². The molecule has 2 aliphatic heterocycles. The Morgan fingerprint density at radius 2 is 1.88 bits per heavy atom. The van der Waals surface area contributed by atoms with Gasteiger partial charge in [0, 0.05) is 30.4 Å². The number of carbonyl (C=O) groups is 1. The standard InChI is InChI=1S/C18H28N4O2/c1-13-11-14(2)20-17(23)16(13)12-19-18(24)22-9-5-15(6-10-22)21-7-3-4-8-21/h11,15H,3-10,12H2,1-2H3,(H,19,24)(H,20,23). The van der Waals surface area contributed by atoms with Gasteiger partial charge in [-0.1, -0.05) is 0 Å². The van der Waals surface area contributed by atoms with Crippen LogP contribution in [0.25, 0.3) is 0 Å².